The molecule has 3 fully saturated rings. The van der Waals surface area contributed by atoms with Crippen LogP contribution in [0.1, 0.15) is 84.5 Å². The highest BCUT2D eigenvalue weighted by atomic mass is 16.3. The molecule has 0 radical (unpaired) electrons. The van der Waals surface area contributed by atoms with Crippen LogP contribution in [0.25, 0.3) is 0 Å². The van der Waals surface area contributed by atoms with Crippen LogP contribution in [0.3, 0.4) is 0 Å². The zero-order chi connectivity index (χ0) is 20.3. The van der Waals surface area contributed by atoms with E-state index in [-0.39, 0.29) is 6.10 Å². The number of hydrogen-bond donors (Lipinski definition) is 3. The Balaban J connectivity index is 1.64. The summed E-state index contributed by atoms with van der Waals surface area (Å²) < 4.78 is 0. The molecule has 1 unspecified atom stereocenters. The molecule has 0 saturated heterocycles. The summed E-state index contributed by atoms with van der Waals surface area (Å²) in [6, 6.07) is 0. The molecule has 3 heteroatoms. The summed E-state index contributed by atoms with van der Waals surface area (Å²) in [7, 11) is 0. The van der Waals surface area contributed by atoms with Gasteiger partial charge in [0.25, 0.3) is 0 Å². The molecule has 3 aliphatic rings. The molecular weight excluding hydrogens is 348 g/mol. The Morgan fingerprint density at radius 3 is 2.54 bits per heavy atom. The molecular formula is C25H40O3. The van der Waals surface area contributed by atoms with Gasteiger partial charge in [0, 0.05) is 0 Å². The van der Waals surface area contributed by atoms with E-state index in [4.69, 9.17) is 0 Å². The SMILES string of the molecule is C=C1[C@H](O)CC(=C/C=C2\CCC[C@]3(C)C(CCCC[C@H](C)O)CC[C@@H]23)C[C@H]1O. The van der Waals surface area contributed by atoms with Crippen molar-refractivity contribution in [3.63, 3.8) is 0 Å². The first-order chi connectivity index (χ1) is 13.3. The molecule has 3 saturated carbocycles. The number of unbranched alkanes of at least 4 members (excludes halogenated alkanes) is 1. The molecule has 0 aromatic carbocycles. The third-order valence-corrected chi connectivity index (χ3v) is 7.89. The first-order valence-electron chi connectivity index (χ1n) is 11.4. The van der Waals surface area contributed by atoms with Gasteiger partial charge in [-0.2, -0.15) is 0 Å². The van der Waals surface area contributed by atoms with Gasteiger partial charge in [0.15, 0.2) is 0 Å². The average Bonchev–Trinajstić information content (AvgIpc) is 2.98. The number of fused-ring (bicyclic) bond motifs is 1. The van der Waals surface area contributed by atoms with Crippen LogP contribution >= 0.6 is 0 Å². The molecule has 3 aliphatic carbocycles. The van der Waals surface area contributed by atoms with Gasteiger partial charge in [-0.05, 0) is 87.5 Å². The Morgan fingerprint density at radius 2 is 1.86 bits per heavy atom. The highest BCUT2D eigenvalue weighted by Crippen LogP contribution is 2.58. The molecule has 3 N–H and O–H groups in total. The number of aliphatic hydroxyl groups is 3. The summed E-state index contributed by atoms with van der Waals surface area (Å²) in [5.41, 5.74) is 3.71. The molecule has 158 valence electrons. The molecule has 0 aromatic heterocycles. The molecule has 3 rings (SSSR count). The Hall–Kier alpha value is -0.900. The van der Waals surface area contributed by atoms with E-state index in [0.29, 0.717) is 29.7 Å². The number of aliphatic hydroxyl groups excluding tert-OH is 3. The van der Waals surface area contributed by atoms with Crippen molar-refractivity contribution in [2.24, 2.45) is 17.3 Å². The quantitative estimate of drug-likeness (QED) is 0.440. The Labute approximate surface area is 171 Å². The van der Waals surface area contributed by atoms with Gasteiger partial charge in [-0.15, -0.1) is 0 Å². The van der Waals surface area contributed by atoms with Crippen LogP contribution in [0.4, 0.5) is 0 Å². The van der Waals surface area contributed by atoms with Gasteiger partial charge < -0.3 is 15.3 Å². The largest absolute Gasteiger partial charge is 0.393 e. The normalized spacial score (nSPS) is 38.5. The van der Waals surface area contributed by atoms with E-state index in [1.165, 1.54) is 44.9 Å². The molecule has 0 aliphatic heterocycles. The van der Waals surface area contributed by atoms with Crippen LogP contribution in [0, 0.1) is 17.3 Å². The standard InChI is InChI=1S/C25H40O3/c1-17(26)7-4-5-9-21-12-13-22-20(8-6-14-25(21,22)3)11-10-19-15-23(27)18(2)24(28)16-19/h10-11,17,21-24,26-28H,2,4-9,12-16H2,1,3H3/b20-11+/t17-,21?,22-,23+,24+,25+/m0/s1. The van der Waals surface area contributed by atoms with Crippen LogP contribution < -0.4 is 0 Å². The van der Waals surface area contributed by atoms with Crippen LogP contribution in [-0.2, 0) is 0 Å². The van der Waals surface area contributed by atoms with Crippen molar-refractivity contribution in [3.05, 3.63) is 35.5 Å². The fraction of sp³-hybridized carbons (Fsp3) is 0.760. The lowest BCUT2D eigenvalue weighted by molar-refractivity contribution is 0.122. The maximum Gasteiger partial charge on any atom is 0.0809 e. The van der Waals surface area contributed by atoms with Crippen molar-refractivity contribution < 1.29 is 15.3 Å². The fourth-order valence-corrected chi connectivity index (χ4v) is 6.08. The summed E-state index contributed by atoms with van der Waals surface area (Å²) in [5.74, 6) is 1.50. The minimum Gasteiger partial charge on any atom is -0.393 e. The molecule has 0 spiro atoms. The van der Waals surface area contributed by atoms with Crippen molar-refractivity contribution in [1.82, 2.24) is 0 Å². The van der Waals surface area contributed by atoms with E-state index in [1.807, 2.05) is 6.92 Å². The van der Waals surface area contributed by atoms with E-state index in [2.05, 4.69) is 25.7 Å². The first kappa shape index (κ1) is 21.8. The van der Waals surface area contributed by atoms with Gasteiger partial charge in [-0.25, -0.2) is 0 Å². The van der Waals surface area contributed by atoms with Gasteiger partial charge in [0.2, 0.25) is 0 Å². The van der Waals surface area contributed by atoms with Crippen molar-refractivity contribution >= 4 is 0 Å². The second-order valence-electron chi connectivity index (χ2n) is 9.90. The van der Waals surface area contributed by atoms with E-state index in [0.717, 1.165) is 24.3 Å². The van der Waals surface area contributed by atoms with Crippen LogP contribution in [0.15, 0.2) is 35.5 Å². The lowest BCUT2D eigenvalue weighted by Crippen LogP contribution is -2.33. The summed E-state index contributed by atoms with van der Waals surface area (Å²) in [6.07, 6.45) is 15.4. The number of hydrogen-bond acceptors (Lipinski definition) is 3. The molecule has 6 atom stereocenters. The van der Waals surface area contributed by atoms with Crippen molar-refractivity contribution in [1.29, 1.82) is 0 Å². The zero-order valence-corrected chi connectivity index (χ0v) is 17.9. The minimum atomic E-state index is -0.609. The first-order valence-corrected chi connectivity index (χ1v) is 11.4. The zero-order valence-electron chi connectivity index (χ0n) is 17.9. The summed E-state index contributed by atoms with van der Waals surface area (Å²) in [4.78, 5) is 0. The van der Waals surface area contributed by atoms with Gasteiger partial charge in [0.1, 0.15) is 0 Å². The van der Waals surface area contributed by atoms with Gasteiger partial charge >= 0.3 is 0 Å². The Morgan fingerprint density at radius 1 is 1.14 bits per heavy atom. The molecule has 0 bridgehead atoms. The van der Waals surface area contributed by atoms with E-state index < -0.39 is 12.2 Å². The predicted molar refractivity (Wildman–Crippen MR) is 115 cm³/mol. The fourth-order valence-electron chi connectivity index (χ4n) is 6.08. The highest BCUT2D eigenvalue weighted by molar-refractivity contribution is 5.29. The lowest BCUT2D eigenvalue weighted by Gasteiger charge is -2.42. The third-order valence-electron chi connectivity index (χ3n) is 7.89. The van der Waals surface area contributed by atoms with E-state index in [1.54, 1.807) is 5.57 Å². The number of rotatable bonds is 6. The maximum absolute atomic E-state index is 10.1. The molecule has 28 heavy (non-hydrogen) atoms. The lowest BCUT2D eigenvalue weighted by atomic mass is 9.62. The van der Waals surface area contributed by atoms with Crippen molar-refractivity contribution in [2.45, 2.75) is 103 Å². The van der Waals surface area contributed by atoms with Crippen molar-refractivity contribution in [3.8, 4) is 0 Å². The van der Waals surface area contributed by atoms with Crippen LogP contribution in [0.2, 0.25) is 0 Å². The van der Waals surface area contributed by atoms with Gasteiger partial charge in [-0.1, -0.05) is 49.6 Å². The monoisotopic (exact) mass is 388 g/mol. The van der Waals surface area contributed by atoms with Crippen molar-refractivity contribution in [2.75, 3.05) is 0 Å². The molecule has 0 amide bonds. The minimum absolute atomic E-state index is 0.168. The third kappa shape index (κ3) is 4.80. The van der Waals surface area contributed by atoms with E-state index in [9.17, 15) is 15.3 Å². The average molecular weight is 389 g/mol. The Kier molecular flexibility index (Phi) is 7.22. The highest BCUT2D eigenvalue weighted by Gasteiger charge is 2.48. The Bertz CT molecular complexity index is 601. The predicted octanol–water partition coefficient (Wildman–Crippen LogP) is 5.07. The smallest absolute Gasteiger partial charge is 0.0809 e. The second kappa shape index (κ2) is 9.28. The van der Waals surface area contributed by atoms with Crippen LogP contribution in [-0.4, -0.2) is 33.6 Å². The molecule has 0 heterocycles. The summed E-state index contributed by atoms with van der Waals surface area (Å²) >= 11 is 0. The number of allylic oxidation sites excluding steroid dienone is 3. The molecule has 3 nitrogen and oxygen atoms in total. The van der Waals surface area contributed by atoms with Gasteiger partial charge in [-0.3, -0.25) is 0 Å². The molecule has 0 aromatic rings. The summed E-state index contributed by atoms with van der Waals surface area (Å²) in [5, 5.41) is 29.6. The maximum atomic E-state index is 10.1. The topological polar surface area (TPSA) is 60.7 Å². The van der Waals surface area contributed by atoms with E-state index >= 15 is 0 Å². The summed E-state index contributed by atoms with van der Waals surface area (Å²) in [6.45, 7) is 8.21. The second-order valence-corrected chi connectivity index (χ2v) is 9.90. The van der Waals surface area contributed by atoms with Gasteiger partial charge in [0.05, 0.1) is 18.3 Å². The van der Waals surface area contributed by atoms with Crippen LogP contribution in [0.5, 0.6) is 0 Å².